The summed E-state index contributed by atoms with van der Waals surface area (Å²) in [6.07, 6.45) is 5.11. The lowest BCUT2D eigenvalue weighted by atomic mass is 10.1. The van der Waals surface area contributed by atoms with E-state index in [1.54, 1.807) is 18.3 Å². The van der Waals surface area contributed by atoms with E-state index in [0.29, 0.717) is 17.9 Å². The van der Waals surface area contributed by atoms with Crippen LogP contribution in [0.3, 0.4) is 0 Å². The maximum absolute atomic E-state index is 12.5. The molecule has 26 heavy (non-hydrogen) atoms. The van der Waals surface area contributed by atoms with Gasteiger partial charge in [-0.3, -0.25) is 9.89 Å². The molecule has 0 atom stereocenters. The number of H-pyrrole nitrogens is 1. The number of aryl methyl sites for hydroxylation is 2. The molecule has 2 aromatic heterocycles. The molecular weight excluding hydrogens is 396 g/mol. The van der Waals surface area contributed by atoms with Gasteiger partial charge in [-0.15, -0.1) is 0 Å². The molecule has 0 unspecified atom stereocenters. The molecule has 0 aliphatic carbocycles. The van der Waals surface area contributed by atoms with Gasteiger partial charge in [0.05, 0.1) is 6.20 Å². The standard InChI is InChI=1S/C19H19BrN4O2/c1-13-14(12-23-24-13)4-2-10-21-18(25)17-5-3-11-22-19(17)26-16-8-6-15(20)7-9-16/h3,5-9,11-12H,2,4,10H2,1H3,(H,21,25)(H,23,24). The number of pyridine rings is 1. The van der Waals surface area contributed by atoms with Gasteiger partial charge in [-0.2, -0.15) is 5.10 Å². The Labute approximate surface area is 160 Å². The molecule has 3 aromatic rings. The van der Waals surface area contributed by atoms with Gasteiger partial charge in [0.1, 0.15) is 11.3 Å². The van der Waals surface area contributed by atoms with E-state index in [4.69, 9.17) is 4.74 Å². The highest BCUT2D eigenvalue weighted by atomic mass is 79.9. The molecule has 0 fully saturated rings. The normalized spacial score (nSPS) is 10.5. The molecule has 7 heteroatoms. The van der Waals surface area contributed by atoms with Crippen LogP contribution in [0.25, 0.3) is 0 Å². The van der Waals surface area contributed by atoms with E-state index in [2.05, 4.69) is 36.4 Å². The first-order valence-electron chi connectivity index (χ1n) is 8.29. The molecule has 2 heterocycles. The van der Waals surface area contributed by atoms with Crippen molar-refractivity contribution < 1.29 is 9.53 Å². The predicted molar refractivity (Wildman–Crippen MR) is 102 cm³/mol. The first kappa shape index (κ1) is 18.1. The first-order valence-corrected chi connectivity index (χ1v) is 9.08. The lowest BCUT2D eigenvalue weighted by Gasteiger charge is -2.10. The average Bonchev–Trinajstić information content (AvgIpc) is 3.06. The summed E-state index contributed by atoms with van der Waals surface area (Å²) in [6.45, 7) is 2.55. The number of halogens is 1. The van der Waals surface area contributed by atoms with Crippen LogP contribution in [0.15, 0.2) is 53.3 Å². The lowest BCUT2D eigenvalue weighted by Crippen LogP contribution is -2.25. The van der Waals surface area contributed by atoms with E-state index in [9.17, 15) is 4.79 Å². The largest absolute Gasteiger partial charge is 0.438 e. The summed E-state index contributed by atoms with van der Waals surface area (Å²) < 4.78 is 6.72. The molecule has 0 saturated carbocycles. The number of hydrogen-bond acceptors (Lipinski definition) is 4. The summed E-state index contributed by atoms with van der Waals surface area (Å²) in [5.74, 6) is 0.712. The quantitative estimate of drug-likeness (QED) is 0.571. The minimum absolute atomic E-state index is 0.200. The Balaban J connectivity index is 1.58. The summed E-state index contributed by atoms with van der Waals surface area (Å²) >= 11 is 3.38. The zero-order valence-corrected chi connectivity index (χ0v) is 15.9. The number of rotatable bonds is 7. The Morgan fingerprint density at radius 1 is 1.27 bits per heavy atom. The fourth-order valence-corrected chi connectivity index (χ4v) is 2.73. The molecule has 0 aliphatic rings. The van der Waals surface area contributed by atoms with Crippen molar-refractivity contribution in [3.05, 3.63) is 70.1 Å². The van der Waals surface area contributed by atoms with Gasteiger partial charge in [-0.25, -0.2) is 4.98 Å². The second-order valence-electron chi connectivity index (χ2n) is 5.79. The van der Waals surface area contributed by atoms with E-state index in [0.717, 1.165) is 23.0 Å². The minimum atomic E-state index is -0.200. The van der Waals surface area contributed by atoms with Crippen molar-refractivity contribution >= 4 is 21.8 Å². The number of carbonyl (C=O) groups excluding carboxylic acids is 1. The van der Waals surface area contributed by atoms with Crippen molar-refractivity contribution in [2.24, 2.45) is 0 Å². The van der Waals surface area contributed by atoms with Crippen molar-refractivity contribution in [2.45, 2.75) is 19.8 Å². The smallest absolute Gasteiger partial charge is 0.256 e. The Hall–Kier alpha value is -2.67. The summed E-state index contributed by atoms with van der Waals surface area (Å²) in [7, 11) is 0. The molecule has 0 saturated heterocycles. The van der Waals surface area contributed by atoms with Gasteiger partial charge in [0.15, 0.2) is 0 Å². The molecule has 6 nitrogen and oxygen atoms in total. The molecular formula is C19H19BrN4O2. The highest BCUT2D eigenvalue weighted by molar-refractivity contribution is 9.10. The number of aromatic amines is 1. The van der Waals surface area contributed by atoms with Gasteiger partial charge in [-0.1, -0.05) is 15.9 Å². The van der Waals surface area contributed by atoms with Crippen molar-refractivity contribution in [3.8, 4) is 11.6 Å². The number of hydrogen-bond donors (Lipinski definition) is 2. The number of nitrogens with zero attached hydrogens (tertiary/aromatic N) is 2. The zero-order chi connectivity index (χ0) is 18.4. The Kier molecular flexibility index (Phi) is 6.01. The zero-order valence-electron chi connectivity index (χ0n) is 14.3. The third-order valence-corrected chi connectivity index (χ3v) is 4.42. The number of nitrogens with one attached hydrogen (secondary N) is 2. The molecule has 0 spiro atoms. The van der Waals surface area contributed by atoms with Crippen LogP contribution in [0.1, 0.15) is 28.0 Å². The number of benzene rings is 1. The number of carbonyl (C=O) groups is 1. The van der Waals surface area contributed by atoms with Crippen molar-refractivity contribution in [2.75, 3.05) is 6.54 Å². The van der Waals surface area contributed by atoms with Gasteiger partial charge in [0, 0.05) is 22.9 Å². The molecule has 0 aliphatic heterocycles. The predicted octanol–water partition coefficient (Wildman–Crippen LogP) is 4.03. The van der Waals surface area contributed by atoms with Gasteiger partial charge in [0.2, 0.25) is 5.88 Å². The summed E-state index contributed by atoms with van der Waals surface area (Å²) in [5, 5.41) is 9.83. The molecule has 0 radical (unpaired) electrons. The number of amides is 1. The highest BCUT2D eigenvalue weighted by Gasteiger charge is 2.14. The van der Waals surface area contributed by atoms with Crippen LogP contribution < -0.4 is 10.1 Å². The van der Waals surface area contributed by atoms with Crippen molar-refractivity contribution in [1.29, 1.82) is 0 Å². The Bertz CT molecular complexity index is 877. The molecule has 134 valence electrons. The third-order valence-electron chi connectivity index (χ3n) is 3.89. The van der Waals surface area contributed by atoms with E-state index < -0.39 is 0 Å². The van der Waals surface area contributed by atoms with E-state index in [1.165, 1.54) is 5.56 Å². The first-order chi connectivity index (χ1) is 12.6. The Morgan fingerprint density at radius 3 is 2.81 bits per heavy atom. The van der Waals surface area contributed by atoms with Gasteiger partial charge < -0.3 is 10.1 Å². The van der Waals surface area contributed by atoms with Crippen molar-refractivity contribution in [3.63, 3.8) is 0 Å². The summed E-state index contributed by atoms with van der Waals surface area (Å²) in [4.78, 5) is 16.7. The van der Waals surface area contributed by atoms with Crippen LogP contribution in [-0.2, 0) is 6.42 Å². The molecule has 1 aromatic carbocycles. The van der Waals surface area contributed by atoms with Crippen LogP contribution in [0.4, 0.5) is 0 Å². The average molecular weight is 415 g/mol. The third kappa shape index (κ3) is 4.70. The van der Waals surface area contributed by atoms with Crippen LogP contribution in [-0.4, -0.2) is 27.6 Å². The second kappa shape index (κ2) is 8.62. The SMILES string of the molecule is Cc1[nH]ncc1CCCNC(=O)c1cccnc1Oc1ccc(Br)cc1. The van der Waals surface area contributed by atoms with Gasteiger partial charge in [-0.05, 0) is 61.7 Å². The fourth-order valence-electron chi connectivity index (χ4n) is 2.46. The fraction of sp³-hybridized carbons (Fsp3) is 0.211. The lowest BCUT2D eigenvalue weighted by molar-refractivity contribution is 0.0950. The Morgan fingerprint density at radius 2 is 2.08 bits per heavy atom. The highest BCUT2D eigenvalue weighted by Crippen LogP contribution is 2.24. The summed E-state index contributed by atoms with van der Waals surface area (Å²) in [6, 6.07) is 10.8. The minimum Gasteiger partial charge on any atom is -0.438 e. The number of ether oxygens (including phenoxy) is 1. The number of aromatic nitrogens is 3. The molecule has 3 rings (SSSR count). The van der Waals surface area contributed by atoms with E-state index in [-0.39, 0.29) is 11.8 Å². The van der Waals surface area contributed by atoms with Crippen LogP contribution >= 0.6 is 15.9 Å². The van der Waals surface area contributed by atoms with Crippen LogP contribution in [0.5, 0.6) is 11.6 Å². The van der Waals surface area contributed by atoms with Crippen LogP contribution in [0, 0.1) is 6.92 Å². The van der Waals surface area contributed by atoms with Crippen LogP contribution in [0.2, 0.25) is 0 Å². The van der Waals surface area contributed by atoms with Gasteiger partial charge in [0.25, 0.3) is 5.91 Å². The maximum atomic E-state index is 12.5. The molecule has 1 amide bonds. The molecule has 0 bridgehead atoms. The monoisotopic (exact) mass is 414 g/mol. The topological polar surface area (TPSA) is 79.9 Å². The second-order valence-corrected chi connectivity index (χ2v) is 6.71. The van der Waals surface area contributed by atoms with E-state index in [1.807, 2.05) is 37.4 Å². The van der Waals surface area contributed by atoms with E-state index >= 15 is 0 Å². The van der Waals surface area contributed by atoms with Gasteiger partial charge >= 0.3 is 0 Å². The summed E-state index contributed by atoms with van der Waals surface area (Å²) in [5.41, 5.74) is 2.64. The maximum Gasteiger partial charge on any atom is 0.256 e. The van der Waals surface area contributed by atoms with Crippen molar-refractivity contribution in [1.82, 2.24) is 20.5 Å². The molecule has 2 N–H and O–H groups in total.